The minimum Gasteiger partial charge on any atom is -0.254 e. The molecule has 2 nitrogen and oxygen atoms in total. The molecule has 176 valence electrons. The van der Waals surface area contributed by atoms with E-state index in [2.05, 4.69) is 163 Å². The van der Waals surface area contributed by atoms with E-state index in [0.29, 0.717) is 0 Å². The Balaban J connectivity index is 1.62. The first-order valence-electron chi connectivity index (χ1n) is 12.4. The molecular formula is C33H30N2P+. The summed E-state index contributed by atoms with van der Waals surface area (Å²) >= 11 is 0. The van der Waals surface area contributed by atoms with E-state index in [-0.39, 0.29) is 0 Å². The largest absolute Gasteiger partial charge is 0.254 e. The Bertz CT molecular complexity index is 1390. The number of aromatic nitrogens is 1. The lowest BCUT2D eigenvalue weighted by Gasteiger charge is -2.27. The van der Waals surface area contributed by atoms with Crippen LogP contribution in [0.4, 0.5) is 5.69 Å². The molecule has 0 spiro atoms. The van der Waals surface area contributed by atoms with Crippen molar-refractivity contribution < 1.29 is 4.57 Å². The molecular weight excluding hydrogens is 455 g/mol. The molecule has 0 saturated heterocycles. The highest BCUT2D eigenvalue weighted by Gasteiger charge is 2.27. The van der Waals surface area contributed by atoms with Gasteiger partial charge in [0.2, 0.25) is 5.69 Å². The van der Waals surface area contributed by atoms with Crippen molar-refractivity contribution in [2.45, 2.75) is 13.5 Å². The number of nitrogens with zero attached hydrogens (tertiary/aromatic N) is 2. The van der Waals surface area contributed by atoms with Crippen molar-refractivity contribution in [2.75, 3.05) is 0 Å². The Labute approximate surface area is 214 Å². The third-order valence-electron chi connectivity index (χ3n) is 6.31. The molecule has 0 unspecified atom stereocenters. The van der Waals surface area contributed by atoms with E-state index in [1.54, 1.807) is 0 Å². The van der Waals surface area contributed by atoms with Gasteiger partial charge in [0.25, 0.3) is 0 Å². The van der Waals surface area contributed by atoms with Crippen LogP contribution in [0.2, 0.25) is 0 Å². The van der Waals surface area contributed by atoms with E-state index in [1.165, 1.54) is 21.6 Å². The average Bonchev–Trinajstić information content (AvgIpc) is 2.97. The molecule has 1 heterocycles. The highest BCUT2D eigenvalue weighted by molar-refractivity contribution is 7.87. The molecule has 3 heteroatoms. The van der Waals surface area contributed by atoms with Crippen molar-refractivity contribution in [3.8, 4) is 0 Å². The maximum Gasteiger partial charge on any atom is 0.205 e. The van der Waals surface area contributed by atoms with Crippen LogP contribution in [0.25, 0.3) is 12.2 Å². The van der Waals surface area contributed by atoms with Crippen molar-refractivity contribution >= 4 is 40.8 Å². The number of aryl methyl sites for hydroxylation is 1. The first-order chi connectivity index (χ1) is 17.8. The maximum atomic E-state index is 5.57. The van der Waals surface area contributed by atoms with Crippen molar-refractivity contribution in [3.05, 3.63) is 151 Å². The maximum absolute atomic E-state index is 5.57. The van der Waals surface area contributed by atoms with E-state index < -0.39 is 7.05 Å². The summed E-state index contributed by atoms with van der Waals surface area (Å²) in [6, 6.07) is 47.1. The fourth-order valence-corrected chi connectivity index (χ4v) is 8.02. The van der Waals surface area contributed by atoms with Crippen LogP contribution in [0.15, 0.2) is 144 Å². The SMILES string of the molecule is CC[n+]1ccccc1/C=C/c1ccc(N=P(c2ccccc2)(c2ccccc2)c2ccccc2)cc1. The van der Waals surface area contributed by atoms with Crippen LogP contribution in [-0.2, 0) is 6.54 Å². The molecule has 0 aliphatic carbocycles. The van der Waals surface area contributed by atoms with E-state index in [0.717, 1.165) is 17.8 Å². The molecule has 0 amide bonds. The highest BCUT2D eigenvalue weighted by atomic mass is 31.2. The topological polar surface area (TPSA) is 16.2 Å². The van der Waals surface area contributed by atoms with Crippen molar-refractivity contribution in [1.29, 1.82) is 0 Å². The zero-order valence-electron chi connectivity index (χ0n) is 20.5. The predicted molar refractivity (Wildman–Crippen MR) is 155 cm³/mol. The second kappa shape index (κ2) is 11.2. The van der Waals surface area contributed by atoms with E-state index >= 15 is 0 Å². The fraction of sp³-hybridized carbons (Fsp3) is 0.0606. The van der Waals surface area contributed by atoms with Crippen LogP contribution >= 0.6 is 7.05 Å². The lowest BCUT2D eigenvalue weighted by atomic mass is 10.2. The average molecular weight is 486 g/mol. The zero-order chi connectivity index (χ0) is 24.6. The second-order valence-corrected chi connectivity index (χ2v) is 11.6. The van der Waals surface area contributed by atoms with Gasteiger partial charge < -0.3 is 0 Å². The summed E-state index contributed by atoms with van der Waals surface area (Å²) in [6.45, 7) is 3.11. The van der Waals surface area contributed by atoms with Gasteiger partial charge in [-0.25, -0.2) is 0 Å². The molecule has 0 saturated carbocycles. The van der Waals surface area contributed by atoms with Gasteiger partial charge in [0.05, 0.1) is 12.7 Å². The van der Waals surface area contributed by atoms with Crippen LogP contribution < -0.4 is 20.5 Å². The van der Waals surface area contributed by atoms with Gasteiger partial charge in [-0.05, 0) is 36.8 Å². The number of hydrogen-bond donors (Lipinski definition) is 0. The van der Waals surface area contributed by atoms with Gasteiger partial charge in [-0.3, -0.25) is 4.74 Å². The molecule has 0 fully saturated rings. The first-order valence-corrected chi connectivity index (χ1v) is 14.1. The third-order valence-corrected chi connectivity index (χ3v) is 9.98. The Morgan fingerprint density at radius 1 is 0.583 bits per heavy atom. The van der Waals surface area contributed by atoms with Crippen LogP contribution in [0.3, 0.4) is 0 Å². The standard InChI is InChI=1S/C33H30N2P/c1-2-35-27-13-12-14-30(35)26-23-28-21-24-29(25-22-28)34-36(31-15-6-3-7-16-31,32-17-8-4-9-18-32)33-19-10-5-11-20-33/h3-27H,2H2,1H3/q+1/b26-23+. The number of hydrogen-bond acceptors (Lipinski definition) is 1. The van der Waals surface area contributed by atoms with E-state index in [4.69, 9.17) is 4.74 Å². The molecule has 0 radical (unpaired) electrons. The van der Waals surface area contributed by atoms with Gasteiger partial charge >= 0.3 is 0 Å². The molecule has 5 rings (SSSR count). The minimum absolute atomic E-state index is 0.947. The van der Waals surface area contributed by atoms with E-state index in [1.807, 2.05) is 0 Å². The van der Waals surface area contributed by atoms with Gasteiger partial charge in [-0.2, -0.15) is 4.57 Å². The normalized spacial score (nSPS) is 11.5. The summed E-state index contributed by atoms with van der Waals surface area (Å²) in [6.07, 6.45) is 6.45. The van der Waals surface area contributed by atoms with Gasteiger partial charge in [0.15, 0.2) is 6.20 Å². The van der Waals surface area contributed by atoms with Crippen LogP contribution in [0, 0.1) is 0 Å². The fourth-order valence-electron chi connectivity index (χ4n) is 4.49. The summed E-state index contributed by atoms with van der Waals surface area (Å²) in [4.78, 5) is 0. The number of pyridine rings is 1. The number of rotatable bonds is 7. The van der Waals surface area contributed by atoms with Crippen molar-refractivity contribution in [3.63, 3.8) is 0 Å². The summed E-state index contributed by atoms with van der Waals surface area (Å²) in [5, 5.41) is 3.75. The Kier molecular flexibility index (Phi) is 7.36. The Morgan fingerprint density at radius 2 is 1.08 bits per heavy atom. The summed E-state index contributed by atoms with van der Waals surface area (Å²) in [7, 11) is -2.26. The Morgan fingerprint density at radius 3 is 1.58 bits per heavy atom. The molecule has 0 bridgehead atoms. The molecule has 0 atom stereocenters. The predicted octanol–water partition coefficient (Wildman–Crippen LogP) is 6.97. The second-order valence-electron chi connectivity index (χ2n) is 8.58. The molecule has 0 aliphatic rings. The van der Waals surface area contributed by atoms with Crippen molar-refractivity contribution in [1.82, 2.24) is 0 Å². The lowest BCUT2D eigenvalue weighted by Crippen LogP contribution is -2.34. The van der Waals surface area contributed by atoms with E-state index in [9.17, 15) is 0 Å². The summed E-state index contributed by atoms with van der Waals surface area (Å²) < 4.78 is 7.81. The molecule has 4 aromatic carbocycles. The first kappa shape index (κ1) is 23.7. The molecule has 1 aromatic heterocycles. The lowest BCUT2D eigenvalue weighted by molar-refractivity contribution is -0.695. The summed E-state index contributed by atoms with van der Waals surface area (Å²) in [5.41, 5.74) is 3.33. The molecule has 0 aliphatic heterocycles. The van der Waals surface area contributed by atoms with Crippen LogP contribution in [0.1, 0.15) is 18.2 Å². The smallest absolute Gasteiger partial charge is 0.205 e. The molecule has 0 N–H and O–H groups in total. The van der Waals surface area contributed by atoms with Gasteiger partial charge in [-0.1, -0.05) is 103 Å². The zero-order valence-corrected chi connectivity index (χ0v) is 21.4. The van der Waals surface area contributed by atoms with Gasteiger partial charge in [0.1, 0.15) is 6.54 Å². The Hall–Kier alpha value is -4.00. The molecule has 36 heavy (non-hydrogen) atoms. The summed E-state index contributed by atoms with van der Waals surface area (Å²) in [5.74, 6) is 0. The third kappa shape index (κ3) is 5.00. The minimum atomic E-state index is -2.26. The van der Waals surface area contributed by atoms with Gasteiger partial charge in [0, 0.05) is 34.1 Å². The number of benzene rings is 4. The quantitative estimate of drug-likeness (QED) is 0.175. The van der Waals surface area contributed by atoms with Crippen molar-refractivity contribution in [2.24, 2.45) is 4.74 Å². The van der Waals surface area contributed by atoms with Gasteiger partial charge in [-0.15, -0.1) is 0 Å². The highest BCUT2D eigenvalue weighted by Crippen LogP contribution is 2.49. The molecule has 5 aromatic rings. The monoisotopic (exact) mass is 485 g/mol. The van der Waals surface area contributed by atoms with Crippen LogP contribution in [0.5, 0.6) is 0 Å². The van der Waals surface area contributed by atoms with Crippen LogP contribution in [-0.4, -0.2) is 0 Å².